The third-order valence-corrected chi connectivity index (χ3v) is 8.13. The lowest BCUT2D eigenvalue weighted by molar-refractivity contribution is 0.0730. The van der Waals surface area contributed by atoms with Gasteiger partial charge < -0.3 is 9.30 Å². The SMILES string of the molecule is Cc1nn(CC(=O)c2cc(C)n(CCC(C)C)c2C)c(C)c1S(=O)(=O)N1CCOCC1. The number of hydrogen-bond donors (Lipinski definition) is 0. The van der Waals surface area contributed by atoms with Gasteiger partial charge in [-0.25, -0.2) is 8.42 Å². The van der Waals surface area contributed by atoms with Gasteiger partial charge >= 0.3 is 0 Å². The van der Waals surface area contributed by atoms with Gasteiger partial charge in [0.05, 0.1) is 24.6 Å². The molecule has 3 heterocycles. The average molecular weight is 451 g/mol. The number of nitrogens with zero attached hydrogens (tertiary/aromatic N) is 4. The molecular formula is C22H34N4O4S. The monoisotopic (exact) mass is 450 g/mol. The summed E-state index contributed by atoms with van der Waals surface area (Å²) < 4.78 is 36.7. The molecule has 1 saturated heterocycles. The van der Waals surface area contributed by atoms with Gasteiger partial charge in [0.1, 0.15) is 11.4 Å². The molecule has 8 nitrogen and oxygen atoms in total. The predicted molar refractivity (Wildman–Crippen MR) is 119 cm³/mol. The van der Waals surface area contributed by atoms with Crippen LogP contribution in [0.15, 0.2) is 11.0 Å². The lowest BCUT2D eigenvalue weighted by Gasteiger charge is -2.26. The summed E-state index contributed by atoms with van der Waals surface area (Å²) in [7, 11) is -3.67. The van der Waals surface area contributed by atoms with Crippen LogP contribution in [0, 0.1) is 33.6 Å². The molecule has 0 atom stereocenters. The molecule has 1 fully saturated rings. The van der Waals surface area contributed by atoms with Gasteiger partial charge in [0.25, 0.3) is 0 Å². The van der Waals surface area contributed by atoms with E-state index in [1.807, 2.05) is 19.9 Å². The first kappa shape index (κ1) is 23.7. The molecule has 0 unspecified atom stereocenters. The number of carbonyl (C=O) groups is 1. The van der Waals surface area contributed by atoms with Crippen molar-refractivity contribution in [3.05, 3.63) is 34.4 Å². The summed E-state index contributed by atoms with van der Waals surface area (Å²) in [6.45, 7) is 14.1. The molecule has 0 N–H and O–H groups in total. The molecule has 0 aromatic carbocycles. The number of hydrogen-bond acceptors (Lipinski definition) is 5. The van der Waals surface area contributed by atoms with Gasteiger partial charge in [-0.05, 0) is 46.1 Å². The van der Waals surface area contributed by atoms with E-state index in [0.717, 1.165) is 24.4 Å². The molecule has 1 aliphatic rings. The smallest absolute Gasteiger partial charge is 0.246 e. The number of carbonyl (C=O) groups excluding carboxylic acids is 1. The number of aryl methyl sites for hydroxylation is 2. The van der Waals surface area contributed by atoms with Crippen molar-refractivity contribution >= 4 is 15.8 Å². The predicted octanol–water partition coefficient (Wildman–Crippen LogP) is 2.87. The highest BCUT2D eigenvalue weighted by Gasteiger charge is 2.32. The van der Waals surface area contributed by atoms with Gasteiger partial charge in [-0.15, -0.1) is 0 Å². The maximum absolute atomic E-state index is 13.2. The van der Waals surface area contributed by atoms with Crippen molar-refractivity contribution in [2.45, 2.75) is 65.9 Å². The van der Waals surface area contributed by atoms with Crippen LogP contribution in [-0.2, 0) is 27.8 Å². The van der Waals surface area contributed by atoms with Crippen molar-refractivity contribution < 1.29 is 17.9 Å². The molecule has 0 amide bonds. The van der Waals surface area contributed by atoms with Gasteiger partial charge in [0, 0.05) is 36.6 Å². The Morgan fingerprint density at radius 2 is 1.77 bits per heavy atom. The molecule has 0 radical (unpaired) electrons. The zero-order chi connectivity index (χ0) is 22.9. The Bertz CT molecular complexity index is 1060. The van der Waals surface area contributed by atoms with E-state index in [2.05, 4.69) is 23.5 Å². The summed E-state index contributed by atoms with van der Waals surface area (Å²) >= 11 is 0. The van der Waals surface area contributed by atoms with Crippen LogP contribution >= 0.6 is 0 Å². The van der Waals surface area contributed by atoms with Crippen LogP contribution in [0.1, 0.15) is 53.4 Å². The summed E-state index contributed by atoms with van der Waals surface area (Å²) in [5.74, 6) is 0.520. The number of Topliss-reactive ketones (excluding diaryl/α,β-unsaturated/α-hetero) is 1. The van der Waals surface area contributed by atoms with Crippen molar-refractivity contribution in [3.63, 3.8) is 0 Å². The second-order valence-electron chi connectivity index (χ2n) is 8.72. The molecule has 9 heteroatoms. The first-order valence-corrected chi connectivity index (χ1v) is 12.3. The maximum Gasteiger partial charge on any atom is 0.246 e. The molecular weight excluding hydrogens is 416 g/mol. The van der Waals surface area contributed by atoms with Crippen LogP contribution in [0.5, 0.6) is 0 Å². The molecule has 0 aliphatic carbocycles. The lowest BCUT2D eigenvalue weighted by atomic mass is 10.1. The highest BCUT2D eigenvalue weighted by atomic mass is 32.2. The Kier molecular flexibility index (Phi) is 7.08. The van der Waals surface area contributed by atoms with E-state index in [9.17, 15) is 13.2 Å². The normalized spacial score (nSPS) is 15.7. The topological polar surface area (TPSA) is 86.4 Å². The van der Waals surface area contributed by atoms with Crippen LogP contribution in [0.25, 0.3) is 0 Å². The second kappa shape index (κ2) is 9.26. The zero-order valence-electron chi connectivity index (χ0n) is 19.4. The van der Waals surface area contributed by atoms with Gasteiger partial charge in [0.15, 0.2) is 5.78 Å². The second-order valence-corrected chi connectivity index (χ2v) is 10.6. The number of rotatable bonds is 8. The third-order valence-electron chi connectivity index (χ3n) is 5.98. The standard InChI is InChI=1S/C22H34N4O4S/c1-15(2)7-8-25-16(3)13-20(18(25)5)21(27)14-26-19(6)22(17(4)23-26)31(28,29)24-9-11-30-12-10-24/h13,15H,7-12,14H2,1-6H3. The van der Waals surface area contributed by atoms with E-state index in [0.29, 0.717) is 49.2 Å². The van der Waals surface area contributed by atoms with Crippen molar-refractivity contribution in [1.82, 2.24) is 18.7 Å². The van der Waals surface area contributed by atoms with E-state index in [1.54, 1.807) is 13.8 Å². The number of ether oxygens (including phenoxy) is 1. The summed E-state index contributed by atoms with van der Waals surface area (Å²) in [5, 5.41) is 4.41. The Morgan fingerprint density at radius 1 is 1.13 bits per heavy atom. The molecule has 3 rings (SSSR count). The summed E-state index contributed by atoms with van der Waals surface area (Å²) in [6.07, 6.45) is 1.05. The van der Waals surface area contributed by atoms with Crippen molar-refractivity contribution in [2.75, 3.05) is 26.3 Å². The fraction of sp³-hybridized carbons (Fsp3) is 0.636. The highest BCUT2D eigenvalue weighted by molar-refractivity contribution is 7.89. The summed E-state index contributed by atoms with van der Waals surface area (Å²) in [5.41, 5.74) is 3.59. The van der Waals surface area contributed by atoms with Gasteiger partial charge in [-0.2, -0.15) is 9.40 Å². The Labute approximate surface area is 185 Å². The molecule has 2 aromatic heterocycles. The third kappa shape index (κ3) is 4.78. The number of aromatic nitrogens is 3. The van der Waals surface area contributed by atoms with Crippen LogP contribution in [-0.4, -0.2) is 59.2 Å². The highest BCUT2D eigenvalue weighted by Crippen LogP contribution is 2.25. The van der Waals surface area contributed by atoms with Gasteiger partial charge in [-0.1, -0.05) is 13.8 Å². The number of ketones is 1. The number of morpholine rings is 1. The van der Waals surface area contributed by atoms with Gasteiger partial charge in [0.2, 0.25) is 10.0 Å². The summed E-state index contributed by atoms with van der Waals surface area (Å²) in [6, 6.07) is 1.93. The fourth-order valence-electron chi connectivity index (χ4n) is 4.16. The molecule has 0 bridgehead atoms. The number of sulfonamides is 1. The quantitative estimate of drug-likeness (QED) is 0.577. The van der Waals surface area contributed by atoms with E-state index in [-0.39, 0.29) is 17.2 Å². The fourth-order valence-corrected chi connectivity index (χ4v) is 5.94. The maximum atomic E-state index is 13.2. The minimum Gasteiger partial charge on any atom is -0.379 e. The largest absolute Gasteiger partial charge is 0.379 e. The Hall–Kier alpha value is -1.97. The minimum atomic E-state index is -3.67. The van der Waals surface area contributed by atoms with Crippen molar-refractivity contribution in [1.29, 1.82) is 0 Å². The van der Waals surface area contributed by atoms with E-state index < -0.39 is 10.0 Å². The molecule has 0 saturated carbocycles. The first-order valence-electron chi connectivity index (χ1n) is 10.9. The first-order chi connectivity index (χ1) is 14.5. The Morgan fingerprint density at radius 3 is 2.39 bits per heavy atom. The lowest BCUT2D eigenvalue weighted by Crippen LogP contribution is -2.41. The van der Waals surface area contributed by atoms with E-state index in [1.165, 1.54) is 8.99 Å². The molecule has 31 heavy (non-hydrogen) atoms. The van der Waals surface area contributed by atoms with Crippen molar-refractivity contribution in [2.24, 2.45) is 5.92 Å². The summed E-state index contributed by atoms with van der Waals surface area (Å²) in [4.78, 5) is 13.3. The van der Waals surface area contributed by atoms with Crippen molar-refractivity contribution in [3.8, 4) is 0 Å². The minimum absolute atomic E-state index is 0.0137. The van der Waals surface area contributed by atoms with Crippen LogP contribution < -0.4 is 0 Å². The van der Waals surface area contributed by atoms with Crippen LogP contribution in [0.2, 0.25) is 0 Å². The van der Waals surface area contributed by atoms with E-state index in [4.69, 9.17) is 4.74 Å². The van der Waals surface area contributed by atoms with Crippen LogP contribution in [0.3, 0.4) is 0 Å². The van der Waals surface area contributed by atoms with E-state index >= 15 is 0 Å². The molecule has 172 valence electrons. The van der Waals surface area contributed by atoms with Crippen LogP contribution in [0.4, 0.5) is 0 Å². The zero-order valence-corrected chi connectivity index (χ0v) is 20.3. The average Bonchev–Trinajstić information content (AvgIpc) is 3.15. The molecule has 0 spiro atoms. The molecule has 2 aromatic rings. The molecule has 1 aliphatic heterocycles. The Balaban J connectivity index is 1.85. The van der Waals surface area contributed by atoms with Gasteiger partial charge in [-0.3, -0.25) is 9.48 Å².